The van der Waals surface area contributed by atoms with Gasteiger partial charge in [-0.3, -0.25) is 9.89 Å². The highest BCUT2D eigenvalue weighted by Crippen LogP contribution is 2.27. The van der Waals surface area contributed by atoms with Gasteiger partial charge in [-0.1, -0.05) is 27.7 Å². The van der Waals surface area contributed by atoms with Gasteiger partial charge in [-0.25, -0.2) is 0 Å². The SMILES string of the molecule is CC(CC(=O)NCc1cn[nH]c1)C(C)(C)C. The van der Waals surface area contributed by atoms with Gasteiger partial charge in [0.15, 0.2) is 0 Å². The average Bonchev–Trinajstić information content (AvgIpc) is 2.65. The Balaban J connectivity index is 2.31. The van der Waals surface area contributed by atoms with Crippen LogP contribution in [0.4, 0.5) is 0 Å². The molecule has 1 unspecified atom stereocenters. The number of hydrogen-bond acceptors (Lipinski definition) is 2. The number of aromatic amines is 1. The molecular weight excluding hydrogens is 202 g/mol. The molecule has 16 heavy (non-hydrogen) atoms. The van der Waals surface area contributed by atoms with Crippen molar-refractivity contribution in [3.63, 3.8) is 0 Å². The Kier molecular flexibility index (Phi) is 4.10. The Morgan fingerprint density at radius 2 is 2.25 bits per heavy atom. The van der Waals surface area contributed by atoms with E-state index in [-0.39, 0.29) is 11.3 Å². The number of nitrogens with one attached hydrogen (secondary N) is 2. The Bertz CT molecular complexity index is 325. The molecule has 0 aliphatic rings. The fraction of sp³-hybridized carbons (Fsp3) is 0.667. The lowest BCUT2D eigenvalue weighted by Crippen LogP contribution is -2.28. The maximum Gasteiger partial charge on any atom is 0.220 e. The largest absolute Gasteiger partial charge is 0.352 e. The van der Waals surface area contributed by atoms with Gasteiger partial charge in [0.2, 0.25) is 5.91 Å². The number of carbonyl (C=O) groups excluding carboxylic acids is 1. The standard InChI is InChI=1S/C12H21N3O/c1-9(12(2,3)4)5-11(16)13-6-10-7-14-15-8-10/h7-9H,5-6H2,1-4H3,(H,13,16)(H,14,15). The van der Waals surface area contributed by atoms with E-state index in [4.69, 9.17) is 0 Å². The molecule has 1 rings (SSSR count). The normalized spacial score (nSPS) is 13.5. The highest BCUT2D eigenvalue weighted by atomic mass is 16.1. The van der Waals surface area contributed by atoms with Gasteiger partial charge < -0.3 is 5.32 Å². The summed E-state index contributed by atoms with van der Waals surface area (Å²) in [6.07, 6.45) is 4.07. The first kappa shape index (κ1) is 12.7. The third-order valence-electron chi connectivity index (χ3n) is 3.01. The van der Waals surface area contributed by atoms with Gasteiger partial charge in [0.25, 0.3) is 0 Å². The third kappa shape index (κ3) is 4.04. The Morgan fingerprint density at radius 3 is 2.75 bits per heavy atom. The Hall–Kier alpha value is -1.32. The molecule has 4 heteroatoms. The second-order valence-electron chi connectivity index (χ2n) is 5.35. The van der Waals surface area contributed by atoms with Crippen molar-refractivity contribution in [1.29, 1.82) is 0 Å². The number of hydrogen-bond donors (Lipinski definition) is 2. The van der Waals surface area contributed by atoms with E-state index in [0.717, 1.165) is 5.56 Å². The molecule has 1 heterocycles. The van der Waals surface area contributed by atoms with Crippen LogP contribution in [-0.2, 0) is 11.3 Å². The van der Waals surface area contributed by atoms with Gasteiger partial charge in [-0.05, 0) is 11.3 Å². The molecule has 90 valence electrons. The number of H-pyrrole nitrogens is 1. The zero-order valence-corrected chi connectivity index (χ0v) is 10.5. The molecule has 2 N–H and O–H groups in total. The second-order valence-corrected chi connectivity index (χ2v) is 5.35. The summed E-state index contributed by atoms with van der Waals surface area (Å²) in [4.78, 5) is 11.7. The first-order chi connectivity index (χ1) is 7.39. The molecule has 1 atom stereocenters. The molecule has 0 radical (unpaired) electrons. The third-order valence-corrected chi connectivity index (χ3v) is 3.01. The predicted molar refractivity (Wildman–Crippen MR) is 63.7 cm³/mol. The van der Waals surface area contributed by atoms with Crippen molar-refractivity contribution < 1.29 is 4.79 Å². The molecule has 0 fully saturated rings. The molecule has 0 spiro atoms. The van der Waals surface area contributed by atoms with Gasteiger partial charge >= 0.3 is 0 Å². The molecule has 1 aromatic heterocycles. The first-order valence-corrected chi connectivity index (χ1v) is 5.64. The minimum absolute atomic E-state index is 0.101. The molecular formula is C12H21N3O. The van der Waals surface area contributed by atoms with Crippen LogP contribution in [0.3, 0.4) is 0 Å². The van der Waals surface area contributed by atoms with E-state index in [0.29, 0.717) is 18.9 Å². The van der Waals surface area contributed by atoms with E-state index in [2.05, 4.69) is 43.2 Å². The van der Waals surface area contributed by atoms with Gasteiger partial charge in [0.1, 0.15) is 0 Å². The first-order valence-electron chi connectivity index (χ1n) is 5.64. The van der Waals surface area contributed by atoms with E-state index in [1.165, 1.54) is 0 Å². The number of carbonyl (C=O) groups is 1. The van der Waals surface area contributed by atoms with Crippen molar-refractivity contribution in [3.8, 4) is 0 Å². The predicted octanol–water partition coefficient (Wildman–Crippen LogP) is 2.10. The molecule has 0 bridgehead atoms. The summed E-state index contributed by atoms with van der Waals surface area (Å²) in [5.41, 5.74) is 1.17. The number of rotatable bonds is 4. The van der Waals surface area contributed by atoms with Crippen LogP contribution in [0.2, 0.25) is 0 Å². The summed E-state index contributed by atoms with van der Waals surface area (Å²) in [6.45, 7) is 9.12. The van der Waals surface area contributed by atoms with E-state index >= 15 is 0 Å². The van der Waals surface area contributed by atoms with Gasteiger partial charge in [0.05, 0.1) is 6.20 Å². The Morgan fingerprint density at radius 1 is 1.56 bits per heavy atom. The Labute approximate surface area is 96.8 Å². The summed E-state index contributed by atoms with van der Waals surface area (Å²) in [5.74, 6) is 0.473. The molecule has 0 saturated heterocycles. The quantitative estimate of drug-likeness (QED) is 0.821. The highest BCUT2D eigenvalue weighted by molar-refractivity contribution is 5.76. The molecule has 0 saturated carbocycles. The van der Waals surface area contributed by atoms with Crippen LogP contribution in [0, 0.1) is 11.3 Å². The lowest BCUT2D eigenvalue weighted by Gasteiger charge is -2.26. The van der Waals surface area contributed by atoms with Gasteiger partial charge in [-0.2, -0.15) is 5.10 Å². The van der Waals surface area contributed by atoms with Crippen LogP contribution < -0.4 is 5.32 Å². The van der Waals surface area contributed by atoms with Crippen molar-refractivity contribution in [1.82, 2.24) is 15.5 Å². The zero-order valence-electron chi connectivity index (χ0n) is 10.5. The molecule has 4 nitrogen and oxygen atoms in total. The fourth-order valence-corrected chi connectivity index (χ4v) is 1.23. The molecule has 0 aliphatic carbocycles. The smallest absolute Gasteiger partial charge is 0.220 e. The van der Waals surface area contributed by atoms with Crippen molar-refractivity contribution in [2.24, 2.45) is 11.3 Å². The zero-order chi connectivity index (χ0) is 12.2. The molecule has 0 aliphatic heterocycles. The molecule has 1 amide bonds. The maximum atomic E-state index is 11.7. The summed E-state index contributed by atoms with van der Waals surface area (Å²) in [6, 6.07) is 0. The number of aromatic nitrogens is 2. The van der Waals surface area contributed by atoms with Gasteiger partial charge in [-0.15, -0.1) is 0 Å². The summed E-state index contributed by atoms with van der Waals surface area (Å²) < 4.78 is 0. The minimum Gasteiger partial charge on any atom is -0.352 e. The summed E-state index contributed by atoms with van der Waals surface area (Å²) in [5, 5.41) is 9.43. The average molecular weight is 223 g/mol. The van der Waals surface area contributed by atoms with E-state index in [9.17, 15) is 4.79 Å². The van der Waals surface area contributed by atoms with E-state index in [1.54, 1.807) is 12.4 Å². The summed E-state index contributed by atoms with van der Waals surface area (Å²) >= 11 is 0. The minimum atomic E-state index is 0.101. The lowest BCUT2D eigenvalue weighted by atomic mass is 9.80. The van der Waals surface area contributed by atoms with E-state index < -0.39 is 0 Å². The number of nitrogens with zero attached hydrogens (tertiary/aromatic N) is 1. The van der Waals surface area contributed by atoms with Crippen LogP contribution in [0.25, 0.3) is 0 Å². The van der Waals surface area contributed by atoms with Crippen molar-refractivity contribution in [2.75, 3.05) is 0 Å². The molecule has 1 aromatic rings. The summed E-state index contributed by atoms with van der Waals surface area (Å²) in [7, 11) is 0. The van der Waals surface area contributed by atoms with Crippen molar-refractivity contribution in [3.05, 3.63) is 18.0 Å². The fourth-order valence-electron chi connectivity index (χ4n) is 1.23. The van der Waals surface area contributed by atoms with Gasteiger partial charge in [0, 0.05) is 24.7 Å². The molecule has 0 aromatic carbocycles. The second kappa shape index (κ2) is 5.14. The van der Waals surface area contributed by atoms with Crippen LogP contribution in [0.15, 0.2) is 12.4 Å². The topological polar surface area (TPSA) is 57.8 Å². The number of amides is 1. The van der Waals surface area contributed by atoms with Crippen LogP contribution in [0.5, 0.6) is 0 Å². The van der Waals surface area contributed by atoms with Crippen LogP contribution in [-0.4, -0.2) is 16.1 Å². The van der Waals surface area contributed by atoms with Crippen LogP contribution in [0.1, 0.15) is 39.7 Å². The monoisotopic (exact) mass is 223 g/mol. The maximum absolute atomic E-state index is 11.7. The lowest BCUT2D eigenvalue weighted by molar-refractivity contribution is -0.122. The van der Waals surface area contributed by atoms with E-state index in [1.807, 2.05) is 0 Å². The van der Waals surface area contributed by atoms with Crippen molar-refractivity contribution in [2.45, 2.75) is 40.7 Å². The highest BCUT2D eigenvalue weighted by Gasteiger charge is 2.22. The van der Waals surface area contributed by atoms with Crippen LogP contribution >= 0.6 is 0 Å². The van der Waals surface area contributed by atoms with Crippen molar-refractivity contribution >= 4 is 5.91 Å².